The van der Waals surface area contributed by atoms with Crippen LogP contribution in [0.1, 0.15) is 16.4 Å². The first-order chi connectivity index (χ1) is 17.0. The van der Waals surface area contributed by atoms with Gasteiger partial charge in [-0.15, -0.1) is 6.58 Å². The zero-order valence-corrected chi connectivity index (χ0v) is 19.9. The minimum atomic E-state index is -3.76. The van der Waals surface area contributed by atoms with Crippen molar-refractivity contribution in [3.05, 3.63) is 90.9 Å². The fraction of sp³-hybridized carbons (Fsp3) is 0.240. The largest absolute Gasteiger partial charge is 0.378 e. The van der Waals surface area contributed by atoms with Gasteiger partial charge in [-0.25, -0.2) is 18.2 Å². The second kappa shape index (κ2) is 11.1. The Labute approximate surface area is 204 Å². The van der Waals surface area contributed by atoms with Crippen LogP contribution in [0.3, 0.4) is 0 Å². The fourth-order valence-electron chi connectivity index (χ4n) is 3.72. The highest BCUT2D eigenvalue weighted by Crippen LogP contribution is 2.31. The maximum absolute atomic E-state index is 13.3. The van der Waals surface area contributed by atoms with E-state index in [4.69, 9.17) is 4.74 Å². The Balaban J connectivity index is 1.41. The van der Waals surface area contributed by atoms with Gasteiger partial charge in [0.2, 0.25) is 0 Å². The lowest BCUT2D eigenvalue weighted by Gasteiger charge is -2.28. The summed E-state index contributed by atoms with van der Waals surface area (Å²) in [6.07, 6.45) is 6.31. The minimum Gasteiger partial charge on any atom is -0.378 e. The van der Waals surface area contributed by atoms with E-state index in [1.54, 1.807) is 42.9 Å². The molecular formula is C25H27N5O4S. The monoisotopic (exact) mass is 493 g/mol. The lowest BCUT2D eigenvalue weighted by atomic mass is 10.2. The molecule has 1 aliphatic rings. The van der Waals surface area contributed by atoms with E-state index >= 15 is 0 Å². The van der Waals surface area contributed by atoms with Crippen LogP contribution in [0.2, 0.25) is 0 Å². The van der Waals surface area contributed by atoms with Gasteiger partial charge in [0.05, 0.1) is 18.1 Å². The predicted molar refractivity (Wildman–Crippen MR) is 134 cm³/mol. The Bertz CT molecular complexity index is 1240. The smallest absolute Gasteiger partial charge is 0.319 e. The molecule has 4 rings (SSSR count). The molecule has 2 amide bonds. The Hall–Kier alpha value is -3.76. The summed E-state index contributed by atoms with van der Waals surface area (Å²) in [5.41, 5.74) is 1.88. The molecule has 1 saturated heterocycles. The number of morpholine rings is 1. The molecule has 3 aromatic rings. The lowest BCUT2D eigenvalue weighted by Crippen LogP contribution is -2.36. The molecule has 10 heteroatoms. The first-order valence-electron chi connectivity index (χ1n) is 11.2. The second-order valence-electron chi connectivity index (χ2n) is 7.94. The van der Waals surface area contributed by atoms with Crippen LogP contribution in [0.15, 0.2) is 84.7 Å². The molecule has 1 fully saturated rings. The number of carbonyl (C=O) groups excluding carboxylic acids is 1. The van der Waals surface area contributed by atoms with Gasteiger partial charge in [0.15, 0.2) is 9.84 Å². The van der Waals surface area contributed by atoms with E-state index < -0.39 is 21.1 Å². The number of hydrogen-bond acceptors (Lipinski definition) is 7. The molecule has 0 radical (unpaired) electrons. The molecule has 3 heterocycles. The SMILES string of the molecule is C=CC(c1ccc(N2CCOCC2)nc1)S(=O)(=O)c1ccc(NC(=O)NCc2cccnc2)cc1. The van der Waals surface area contributed by atoms with Crippen molar-refractivity contribution in [3.63, 3.8) is 0 Å². The molecular weight excluding hydrogens is 466 g/mol. The number of nitrogens with one attached hydrogen (secondary N) is 2. The molecule has 1 aromatic carbocycles. The molecule has 2 aromatic heterocycles. The van der Waals surface area contributed by atoms with Crippen LogP contribution in [0.5, 0.6) is 0 Å². The number of ether oxygens (including phenoxy) is 1. The van der Waals surface area contributed by atoms with E-state index in [0.29, 0.717) is 31.0 Å². The number of amides is 2. The first kappa shape index (κ1) is 24.4. The van der Waals surface area contributed by atoms with Crippen LogP contribution in [0.25, 0.3) is 0 Å². The Morgan fingerprint density at radius 1 is 1.11 bits per heavy atom. The number of nitrogens with zero attached hydrogens (tertiary/aromatic N) is 3. The van der Waals surface area contributed by atoms with Gasteiger partial charge < -0.3 is 20.3 Å². The molecule has 9 nitrogen and oxygen atoms in total. The van der Waals surface area contributed by atoms with Crippen LogP contribution in [-0.4, -0.2) is 50.7 Å². The summed E-state index contributed by atoms with van der Waals surface area (Å²) in [6.45, 7) is 6.85. The maximum Gasteiger partial charge on any atom is 0.319 e. The molecule has 0 saturated carbocycles. The van der Waals surface area contributed by atoms with E-state index in [2.05, 4.69) is 32.1 Å². The summed E-state index contributed by atoms with van der Waals surface area (Å²) in [5, 5.41) is 4.48. The zero-order chi connectivity index (χ0) is 24.7. The molecule has 0 aliphatic carbocycles. The number of benzene rings is 1. The summed E-state index contributed by atoms with van der Waals surface area (Å²) in [4.78, 5) is 22.8. The summed E-state index contributed by atoms with van der Waals surface area (Å²) in [6, 6.07) is 12.9. The van der Waals surface area contributed by atoms with Gasteiger partial charge in [0, 0.05) is 43.9 Å². The maximum atomic E-state index is 13.3. The normalized spacial score (nSPS) is 14.7. The standard InChI is InChI=1S/C25H27N5O4S/c1-2-23(20-5-10-24(27-18-20)30-12-14-34-15-13-30)35(32,33)22-8-6-21(7-9-22)29-25(31)28-17-19-4-3-11-26-16-19/h2-11,16,18,23H,1,12-15,17H2,(H2,28,29,31). The number of anilines is 2. The minimum absolute atomic E-state index is 0.126. The van der Waals surface area contributed by atoms with Crippen molar-refractivity contribution in [1.82, 2.24) is 15.3 Å². The van der Waals surface area contributed by atoms with E-state index in [0.717, 1.165) is 24.5 Å². The third kappa shape index (κ3) is 6.03. The van der Waals surface area contributed by atoms with Crippen LogP contribution in [-0.2, 0) is 21.1 Å². The highest BCUT2D eigenvalue weighted by Gasteiger charge is 2.27. The van der Waals surface area contributed by atoms with Gasteiger partial charge in [-0.1, -0.05) is 18.2 Å². The summed E-state index contributed by atoms with van der Waals surface area (Å²) in [7, 11) is -3.76. The predicted octanol–water partition coefficient (Wildman–Crippen LogP) is 3.34. The summed E-state index contributed by atoms with van der Waals surface area (Å²) >= 11 is 0. The fourth-order valence-corrected chi connectivity index (χ4v) is 5.28. The van der Waals surface area contributed by atoms with Crippen molar-refractivity contribution < 1.29 is 17.9 Å². The van der Waals surface area contributed by atoms with Crippen molar-refractivity contribution in [2.45, 2.75) is 16.7 Å². The number of rotatable bonds is 8. The van der Waals surface area contributed by atoms with Crippen molar-refractivity contribution in [2.24, 2.45) is 0 Å². The highest BCUT2D eigenvalue weighted by molar-refractivity contribution is 7.91. The van der Waals surface area contributed by atoms with Gasteiger partial charge in [0.25, 0.3) is 0 Å². The van der Waals surface area contributed by atoms with Crippen molar-refractivity contribution >= 4 is 27.4 Å². The number of urea groups is 1. The Kier molecular flexibility index (Phi) is 7.74. The number of hydrogen-bond donors (Lipinski definition) is 2. The van der Waals surface area contributed by atoms with Crippen molar-refractivity contribution in [2.75, 3.05) is 36.5 Å². The molecule has 0 bridgehead atoms. The average Bonchev–Trinajstić information content (AvgIpc) is 2.90. The van der Waals surface area contributed by atoms with Crippen LogP contribution >= 0.6 is 0 Å². The third-order valence-electron chi connectivity index (χ3n) is 5.60. The van der Waals surface area contributed by atoms with Crippen LogP contribution in [0.4, 0.5) is 16.3 Å². The van der Waals surface area contributed by atoms with Gasteiger partial charge in [-0.2, -0.15) is 0 Å². The van der Waals surface area contributed by atoms with Crippen molar-refractivity contribution in [3.8, 4) is 0 Å². The summed E-state index contributed by atoms with van der Waals surface area (Å²) < 4.78 is 32.0. The molecule has 1 aliphatic heterocycles. The summed E-state index contributed by atoms with van der Waals surface area (Å²) in [5.74, 6) is 0.787. The molecule has 1 atom stereocenters. The number of carbonyl (C=O) groups is 1. The number of aromatic nitrogens is 2. The lowest BCUT2D eigenvalue weighted by molar-refractivity contribution is 0.122. The molecule has 35 heavy (non-hydrogen) atoms. The van der Waals surface area contributed by atoms with Crippen molar-refractivity contribution in [1.29, 1.82) is 0 Å². The second-order valence-corrected chi connectivity index (χ2v) is 10.0. The number of pyridine rings is 2. The zero-order valence-electron chi connectivity index (χ0n) is 19.1. The molecule has 1 unspecified atom stereocenters. The Morgan fingerprint density at radius 2 is 1.89 bits per heavy atom. The van der Waals surface area contributed by atoms with Crippen LogP contribution in [0, 0.1) is 0 Å². The number of sulfone groups is 1. The van der Waals surface area contributed by atoms with E-state index in [1.807, 2.05) is 12.1 Å². The highest BCUT2D eigenvalue weighted by atomic mass is 32.2. The van der Waals surface area contributed by atoms with Gasteiger partial charge in [0.1, 0.15) is 11.1 Å². The van der Waals surface area contributed by atoms with Gasteiger partial charge in [-0.3, -0.25) is 4.98 Å². The topological polar surface area (TPSA) is 114 Å². The quantitative estimate of drug-likeness (QED) is 0.463. The Morgan fingerprint density at radius 3 is 2.51 bits per heavy atom. The molecule has 182 valence electrons. The van der Waals surface area contributed by atoms with Crippen LogP contribution < -0.4 is 15.5 Å². The third-order valence-corrected chi connectivity index (χ3v) is 7.66. The molecule has 0 spiro atoms. The van der Waals surface area contributed by atoms with E-state index in [1.165, 1.54) is 18.2 Å². The van der Waals surface area contributed by atoms with E-state index in [-0.39, 0.29) is 4.90 Å². The first-order valence-corrected chi connectivity index (χ1v) is 12.7. The van der Waals surface area contributed by atoms with Gasteiger partial charge in [-0.05, 0) is 47.5 Å². The average molecular weight is 494 g/mol. The van der Waals surface area contributed by atoms with Gasteiger partial charge >= 0.3 is 6.03 Å². The molecule has 2 N–H and O–H groups in total. The van der Waals surface area contributed by atoms with E-state index in [9.17, 15) is 13.2 Å².